The maximum Gasteiger partial charge on any atom is 0.258 e. The predicted molar refractivity (Wildman–Crippen MR) is 80.5 cm³/mol. The van der Waals surface area contributed by atoms with E-state index in [0.717, 1.165) is 30.4 Å². The number of hydrogen-bond acceptors (Lipinski definition) is 3. The molecule has 1 N–H and O–H groups in total. The summed E-state index contributed by atoms with van der Waals surface area (Å²) in [5.74, 6) is 0.727. The Morgan fingerprint density at radius 2 is 2.32 bits per heavy atom. The number of nitrogens with one attached hydrogen (secondary N) is 1. The van der Waals surface area contributed by atoms with E-state index in [9.17, 15) is 4.79 Å². The molecule has 0 spiro atoms. The summed E-state index contributed by atoms with van der Waals surface area (Å²) in [4.78, 5) is 19.0. The second kappa shape index (κ2) is 5.49. The molecule has 4 nitrogen and oxygen atoms in total. The molecule has 1 aliphatic heterocycles. The van der Waals surface area contributed by atoms with Crippen molar-refractivity contribution in [3.8, 4) is 0 Å². The van der Waals surface area contributed by atoms with Gasteiger partial charge in [0.25, 0.3) is 5.91 Å². The van der Waals surface area contributed by atoms with Gasteiger partial charge in [-0.2, -0.15) is 0 Å². The first-order valence-corrected chi connectivity index (χ1v) is 7.46. The first kappa shape index (κ1) is 14.3. The van der Waals surface area contributed by atoms with Crippen LogP contribution in [-0.4, -0.2) is 34.4 Å². The number of carbonyl (C=O) groups excluding carboxylic acids is 1. The minimum absolute atomic E-state index is 0.0623. The van der Waals surface area contributed by atoms with Crippen LogP contribution in [0.1, 0.15) is 44.0 Å². The lowest BCUT2D eigenvalue weighted by atomic mass is 10.0. The van der Waals surface area contributed by atoms with Crippen molar-refractivity contribution in [2.24, 2.45) is 0 Å². The topological polar surface area (TPSA) is 45.2 Å². The summed E-state index contributed by atoms with van der Waals surface area (Å²) in [5, 5.41) is 3.16. The van der Waals surface area contributed by atoms with E-state index in [2.05, 4.69) is 40.1 Å². The summed E-state index contributed by atoms with van der Waals surface area (Å²) >= 11 is 3.39. The molecule has 1 saturated heterocycles. The number of aromatic nitrogens is 1. The lowest BCUT2D eigenvalue weighted by molar-refractivity contribution is 0.0652. The monoisotopic (exact) mass is 325 g/mol. The van der Waals surface area contributed by atoms with Gasteiger partial charge in [-0.05, 0) is 55.6 Å². The van der Waals surface area contributed by atoms with Gasteiger partial charge >= 0.3 is 0 Å². The van der Waals surface area contributed by atoms with Gasteiger partial charge in [0.1, 0.15) is 5.82 Å². The highest BCUT2D eigenvalue weighted by molar-refractivity contribution is 9.10. The van der Waals surface area contributed by atoms with E-state index in [4.69, 9.17) is 0 Å². The number of amides is 1. The van der Waals surface area contributed by atoms with Crippen molar-refractivity contribution < 1.29 is 4.79 Å². The Hall–Kier alpha value is -1.10. The van der Waals surface area contributed by atoms with Crippen LogP contribution in [0.4, 0.5) is 5.82 Å². The van der Waals surface area contributed by atoms with E-state index < -0.39 is 0 Å². The smallest absolute Gasteiger partial charge is 0.258 e. The average molecular weight is 326 g/mol. The summed E-state index contributed by atoms with van der Waals surface area (Å²) in [7, 11) is 0. The molecule has 0 bridgehead atoms. The molecule has 0 saturated carbocycles. The summed E-state index contributed by atoms with van der Waals surface area (Å²) in [5.41, 5.74) is 0.578. The summed E-state index contributed by atoms with van der Waals surface area (Å²) in [6, 6.07) is 1.85. The second-order valence-corrected chi connectivity index (χ2v) is 6.37. The van der Waals surface area contributed by atoms with Crippen LogP contribution in [0.3, 0.4) is 0 Å². The van der Waals surface area contributed by atoms with Gasteiger partial charge in [-0.1, -0.05) is 0 Å². The number of halogens is 1. The predicted octanol–water partition coefficient (Wildman–Crippen LogP) is 3.29. The highest BCUT2D eigenvalue weighted by atomic mass is 79.9. The molecular formula is C14H20BrN3O. The highest BCUT2D eigenvalue weighted by Gasteiger charge is 2.36. The number of rotatable bonds is 3. The third-order valence-electron chi connectivity index (χ3n) is 3.58. The third-order valence-corrected chi connectivity index (χ3v) is 4.01. The van der Waals surface area contributed by atoms with Gasteiger partial charge in [0, 0.05) is 29.3 Å². The Bertz CT molecular complexity index is 488. The number of carbonyl (C=O) groups is 1. The molecule has 104 valence electrons. The van der Waals surface area contributed by atoms with Gasteiger partial charge in [0.15, 0.2) is 0 Å². The maximum atomic E-state index is 12.7. The molecule has 1 aromatic heterocycles. The van der Waals surface area contributed by atoms with Gasteiger partial charge in [-0.3, -0.25) is 4.79 Å². The van der Waals surface area contributed by atoms with Gasteiger partial charge in [0.2, 0.25) is 0 Å². The van der Waals surface area contributed by atoms with Gasteiger partial charge in [-0.15, -0.1) is 0 Å². The first-order valence-electron chi connectivity index (χ1n) is 6.67. The van der Waals surface area contributed by atoms with E-state index in [-0.39, 0.29) is 11.4 Å². The van der Waals surface area contributed by atoms with Crippen LogP contribution in [0, 0.1) is 0 Å². The zero-order valence-corrected chi connectivity index (χ0v) is 13.2. The Balaban J connectivity index is 2.35. The molecule has 2 rings (SSSR count). The number of nitrogens with zero attached hydrogens (tertiary/aromatic N) is 2. The molecule has 1 amide bonds. The Morgan fingerprint density at radius 3 is 2.89 bits per heavy atom. The lowest BCUT2D eigenvalue weighted by Crippen LogP contribution is -2.42. The lowest BCUT2D eigenvalue weighted by Gasteiger charge is -2.32. The van der Waals surface area contributed by atoms with Crippen LogP contribution in [0.25, 0.3) is 0 Å². The van der Waals surface area contributed by atoms with Crippen LogP contribution < -0.4 is 5.32 Å². The van der Waals surface area contributed by atoms with Crippen LogP contribution in [0.5, 0.6) is 0 Å². The fourth-order valence-corrected chi connectivity index (χ4v) is 2.87. The van der Waals surface area contributed by atoms with Crippen molar-refractivity contribution in [1.29, 1.82) is 0 Å². The molecular weight excluding hydrogens is 306 g/mol. The summed E-state index contributed by atoms with van der Waals surface area (Å²) in [6.07, 6.45) is 3.83. The fourth-order valence-electron chi connectivity index (χ4n) is 2.54. The normalized spacial score (nSPS) is 17.6. The van der Waals surface area contributed by atoms with Crippen molar-refractivity contribution in [2.75, 3.05) is 18.4 Å². The zero-order valence-electron chi connectivity index (χ0n) is 11.7. The zero-order chi connectivity index (χ0) is 14.0. The van der Waals surface area contributed by atoms with Crippen molar-refractivity contribution in [2.45, 2.75) is 39.2 Å². The average Bonchev–Trinajstić information content (AvgIpc) is 2.70. The third kappa shape index (κ3) is 2.91. The van der Waals surface area contributed by atoms with Gasteiger partial charge < -0.3 is 10.2 Å². The molecule has 0 unspecified atom stereocenters. The molecule has 0 radical (unpaired) electrons. The molecule has 1 fully saturated rings. The van der Waals surface area contributed by atoms with Crippen molar-refractivity contribution >= 4 is 27.7 Å². The van der Waals surface area contributed by atoms with E-state index in [1.54, 1.807) is 6.20 Å². The molecule has 5 heteroatoms. The molecule has 0 atom stereocenters. The van der Waals surface area contributed by atoms with E-state index >= 15 is 0 Å². The standard InChI is InChI=1S/C14H20BrN3O/c1-4-16-12-11(8-10(15)9-17-12)13(19)18-7-5-6-14(18,2)3/h8-9H,4-7H2,1-3H3,(H,16,17). The quantitative estimate of drug-likeness (QED) is 0.927. The van der Waals surface area contributed by atoms with Crippen molar-refractivity contribution in [1.82, 2.24) is 9.88 Å². The van der Waals surface area contributed by atoms with Crippen LogP contribution in [-0.2, 0) is 0 Å². The van der Waals surface area contributed by atoms with Crippen molar-refractivity contribution in [3.05, 3.63) is 22.3 Å². The molecule has 0 aliphatic carbocycles. The first-order chi connectivity index (χ1) is 8.95. The molecule has 2 heterocycles. The minimum atomic E-state index is -0.0666. The van der Waals surface area contributed by atoms with Gasteiger partial charge in [0.05, 0.1) is 5.56 Å². The highest BCUT2D eigenvalue weighted by Crippen LogP contribution is 2.31. The number of hydrogen-bond donors (Lipinski definition) is 1. The van der Waals surface area contributed by atoms with Gasteiger partial charge in [-0.25, -0.2) is 4.98 Å². The van der Waals surface area contributed by atoms with E-state index in [1.807, 2.05) is 17.9 Å². The Morgan fingerprint density at radius 1 is 1.58 bits per heavy atom. The number of pyridine rings is 1. The molecule has 1 aromatic rings. The Labute approximate surface area is 122 Å². The molecule has 19 heavy (non-hydrogen) atoms. The molecule has 0 aromatic carbocycles. The van der Waals surface area contributed by atoms with Crippen LogP contribution in [0.2, 0.25) is 0 Å². The summed E-state index contributed by atoms with van der Waals surface area (Å²) in [6.45, 7) is 7.81. The largest absolute Gasteiger partial charge is 0.370 e. The second-order valence-electron chi connectivity index (χ2n) is 5.45. The summed E-state index contributed by atoms with van der Waals surface area (Å²) < 4.78 is 0.828. The van der Waals surface area contributed by atoms with Crippen molar-refractivity contribution in [3.63, 3.8) is 0 Å². The maximum absolute atomic E-state index is 12.7. The SMILES string of the molecule is CCNc1ncc(Br)cc1C(=O)N1CCCC1(C)C. The van der Waals surface area contributed by atoms with Crippen LogP contribution in [0.15, 0.2) is 16.7 Å². The van der Waals surface area contributed by atoms with Crippen LogP contribution >= 0.6 is 15.9 Å². The van der Waals surface area contributed by atoms with E-state index in [1.165, 1.54) is 0 Å². The fraction of sp³-hybridized carbons (Fsp3) is 0.571. The molecule has 1 aliphatic rings. The Kier molecular flexibility index (Phi) is 4.13. The number of likely N-dealkylation sites (tertiary alicyclic amines) is 1. The minimum Gasteiger partial charge on any atom is -0.370 e. The number of anilines is 1. The van der Waals surface area contributed by atoms with E-state index in [0.29, 0.717) is 11.4 Å².